The average molecular weight is 521 g/mol. The lowest BCUT2D eigenvalue weighted by molar-refractivity contribution is -0.112. The first-order chi connectivity index (χ1) is 14.9. The number of carbonyl (C=O) groups is 2. The summed E-state index contributed by atoms with van der Waals surface area (Å²) in [6.45, 7) is 0. The maximum atomic E-state index is 12.4. The molecule has 0 saturated heterocycles. The fraction of sp³-hybridized carbons (Fsp3) is 0.105. The van der Waals surface area contributed by atoms with Crippen molar-refractivity contribution in [3.05, 3.63) is 51.9 Å². The lowest BCUT2D eigenvalue weighted by atomic mass is 10.1. The molecule has 0 aliphatic rings. The third-order valence-corrected chi connectivity index (χ3v) is 5.54. The Hall–Kier alpha value is -3.14. The molecule has 0 fully saturated rings. The molecule has 1 aromatic carbocycles. The van der Waals surface area contributed by atoms with Gasteiger partial charge in [0, 0.05) is 11.5 Å². The van der Waals surface area contributed by atoms with E-state index in [2.05, 4.69) is 30.6 Å². The van der Waals surface area contributed by atoms with E-state index in [0.29, 0.717) is 15.2 Å². The Balaban J connectivity index is 1.84. The number of anilines is 1. The number of amides is 1. The number of hydrogen-bond donors (Lipinski definition) is 1. The number of benzene rings is 1. The lowest BCUT2D eigenvalue weighted by Crippen LogP contribution is -2.13. The van der Waals surface area contributed by atoms with Gasteiger partial charge in [-0.25, -0.2) is 4.79 Å². The summed E-state index contributed by atoms with van der Waals surface area (Å²) in [5.74, 6) is -0.960. The summed E-state index contributed by atoms with van der Waals surface area (Å²) in [6, 6.07) is 8.00. The van der Waals surface area contributed by atoms with E-state index in [1.54, 1.807) is 12.1 Å². The molecule has 3 rings (SSSR count). The zero-order chi connectivity index (χ0) is 22.4. The molecule has 2 heterocycles. The predicted molar refractivity (Wildman–Crippen MR) is 118 cm³/mol. The second-order valence-electron chi connectivity index (χ2n) is 5.61. The Morgan fingerprint density at radius 3 is 2.84 bits per heavy atom. The minimum Gasteiger partial charge on any atom is -0.493 e. The van der Waals surface area contributed by atoms with Gasteiger partial charge in [0.25, 0.3) is 5.91 Å². The molecule has 0 aliphatic heterocycles. The molecule has 1 amide bonds. The lowest BCUT2D eigenvalue weighted by Gasteiger charge is -2.11. The number of nitriles is 1. The fourth-order valence-corrected chi connectivity index (χ4v) is 3.95. The molecule has 12 heteroatoms. The second-order valence-corrected chi connectivity index (χ2v) is 7.99. The second kappa shape index (κ2) is 10.3. The maximum absolute atomic E-state index is 12.4. The van der Waals surface area contributed by atoms with Gasteiger partial charge in [0.2, 0.25) is 16.0 Å². The molecule has 31 heavy (non-hydrogen) atoms. The first-order valence-electron chi connectivity index (χ1n) is 8.39. The summed E-state index contributed by atoms with van der Waals surface area (Å²) < 4.78 is 20.1. The highest BCUT2D eigenvalue weighted by Crippen LogP contribution is 2.38. The van der Waals surface area contributed by atoms with Gasteiger partial charge in [0.15, 0.2) is 11.5 Å². The number of carbonyl (C=O) groups excluding carboxylic acids is 2. The minimum atomic E-state index is -0.703. The van der Waals surface area contributed by atoms with Crippen molar-refractivity contribution in [2.45, 2.75) is 5.16 Å². The van der Waals surface area contributed by atoms with Crippen LogP contribution in [-0.4, -0.2) is 34.6 Å². The Labute approximate surface area is 193 Å². The summed E-state index contributed by atoms with van der Waals surface area (Å²) in [4.78, 5) is 28.7. The number of methoxy groups -OCH3 is 1. The van der Waals surface area contributed by atoms with Gasteiger partial charge < -0.3 is 13.9 Å². The summed E-state index contributed by atoms with van der Waals surface area (Å²) >= 11 is 5.68. The summed E-state index contributed by atoms with van der Waals surface area (Å²) in [5, 5.41) is 12.8. The quantitative estimate of drug-likeness (QED) is 0.158. The van der Waals surface area contributed by atoms with Crippen LogP contribution in [0.4, 0.5) is 5.13 Å². The predicted octanol–water partition coefficient (Wildman–Crippen LogP) is 4.39. The summed E-state index contributed by atoms with van der Waals surface area (Å²) in [6.07, 6.45) is 4.54. The van der Waals surface area contributed by atoms with Crippen LogP contribution in [-0.2, 0) is 4.79 Å². The Bertz CT molecular complexity index is 1180. The summed E-state index contributed by atoms with van der Waals surface area (Å²) in [7, 11) is 1.40. The molecule has 2 aromatic heterocycles. The van der Waals surface area contributed by atoms with E-state index in [9.17, 15) is 14.9 Å². The van der Waals surface area contributed by atoms with Crippen LogP contribution in [0.15, 0.2) is 50.1 Å². The first kappa shape index (κ1) is 22.5. The van der Waals surface area contributed by atoms with Crippen LogP contribution in [0.2, 0.25) is 0 Å². The molecule has 0 radical (unpaired) electrons. The van der Waals surface area contributed by atoms with Crippen LogP contribution in [0, 0.1) is 11.3 Å². The maximum Gasteiger partial charge on any atom is 0.379 e. The Morgan fingerprint density at radius 1 is 1.42 bits per heavy atom. The average Bonchev–Trinajstić information content (AvgIpc) is 3.45. The van der Waals surface area contributed by atoms with Gasteiger partial charge in [-0.2, -0.15) is 14.6 Å². The van der Waals surface area contributed by atoms with Crippen molar-refractivity contribution >= 4 is 62.3 Å². The van der Waals surface area contributed by atoms with Crippen LogP contribution in [0.25, 0.3) is 6.08 Å². The fourth-order valence-electron chi connectivity index (χ4n) is 2.28. The van der Waals surface area contributed by atoms with Crippen molar-refractivity contribution in [2.24, 2.45) is 0 Å². The van der Waals surface area contributed by atoms with Gasteiger partial charge in [-0.1, -0.05) is 11.8 Å². The molecule has 0 spiro atoms. The number of hydrogen-bond acceptors (Lipinski definition) is 10. The van der Waals surface area contributed by atoms with Gasteiger partial charge in [0.05, 0.1) is 17.8 Å². The number of rotatable bonds is 7. The molecule has 158 valence electrons. The van der Waals surface area contributed by atoms with E-state index >= 15 is 0 Å². The number of thioether (sulfide) groups is 1. The largest absolute Gasteiger partial charge is 0.493 e. The molecular formula is C19H13BrN4O5S2. The van der Waals surface area contributed by atoms with E-state index < -0.39 is 11.9 Å². The highest BCUT2D eigenvalue weighted by molar-refractivity contribution is 9.10. The van der Waals surface area contributed by atoms with Crippen LogP contribution >= 0.6 is 39.2 Å². The normalized spacial score (nSPS) is 11.0. The van der Waals surface area contributed by atoms with Gasteiger partial charge in [0.1, 0.15) is 11.6 Å². The molecule has 0 unspecified atom stereocenters. The topological polar surface area (TPSA) is 127 Å². The standard InChI is InChI=1S/C19H13BrN4O5S2/c1-27-14-8-10(7-12(20)15(14)29-17(26)13-4-3-5-28-13)6-11(9-21)16(25)22-18-23-19(30-2)24-31-18/h3-8H,1-2H3,(H,22,23,24,25)/b11-6-. The smallest absolute Gasteiger partial charge is 0.379 e. The molecule has 0 aliphatic carbocycles. The van der Waals surface area contributed by atoms with Crippen LogP contribution in [0.5, 0.6) is 11.5 Å². The van der Waals surface area contributed by atoms with Gasteiger partial charge in [-0.15, -0.1) is 0 Å². The van der Waals surface area contributed by atoms with Crippen molar-refractivity contribution in [1.82, 2.24) is 9.36 Å². The van der Waals surface area contributed by atoms with Crippen molar-refractivity contribution in [2.75, 3.05) is 18.7 Å². The molecule has 3 aromatic rings. The number of nitrogens with zero attached hydrogens (tertiary/aromatic N) is 3. The van der Waals surface area contributed by atoms with Gasteiger partial charge in [-0.05, 0) is 58.1 Å². The highest BCUT2D eigenvalue weighted by Gasteiger charge is 2.19. The zero-order valence-electron chi connectivity index (χ0n) is 16.0. The number of aromatic nitrogens is 2. The number of ether oxygens (including phenoxy) is 2. The van der Waals surface area contributed by atoms with Crippen molar-refractivity contribution < 1.29 is 23.5 Å². The van der Waals surface area contributed by atoms with E-state index in [1.165, 1.54) is 43.3 Å². The number of furan rings is 1. The van der Waals surface area contributed by atoms with Gasteiger partial charge in [-0.3, -0.25) is 10.1 Å². The molecule has 9 nitrogen and oxygen atoms in total. The third-order valence-electron chi connectivity index (χ3n) is 3.66. The molecule has 1 N–H and O–H groups in total. The molecule has 0 atom stereocenters. The molecule has 0 saturated carbocycles. The van der Waals surface area contributed by atoms with E-state index in [0.717, 1.165) is 11.5 Å². The van der Waals surface area contributed by atoms with Crippen molar-refractivity contribution in [3.8, 4) is 17.6 Å². The third kappa shape index (κ3) is 5.52. The van der Waals surface area contributed by atoms with E-state index in [1.807, 2.05) is 12.3 Å². The number of esters is 1. The van der Waals surface area contributed by atoms with Gasteiger partial charge >= 0.3 is 5.97 Å². The van der Waals surface area contributed by atoms with E-state index in [4.69, 9.17) is 13.9 Å². The monoisotopic (exact) mass is 520 g/mol. The number of nitrogens with one attached hydrogen (secondary N) is 1. The first-order valence-corrected chi connectivity index (χ1v) is 11.2. The zero-order valence-corrected chi connectivity index (χ0v) is 19.3. The van der Waals surface area contributed by atoms with Crippen molar-refractivity contribution in [3.63, 3.8) is 0 Å². The summed E-state index contributed by atoms with van der Waals surface area (Å²) in [5.41, 5.74) is 0.311. The number of halogens is 1. The highest BCUT2D eigenvalue weighted by atomic mass is 79.9. The minimum absolute atomic E-state index is 0.0303. The molecule has 0 bridgehead atoms. The van der Waals surface area contributed by atoms with Crippen LogP contribution < -0.4 is 14.8 Å². The van der Waals surface area contributed by atoms with Crippen LogP contribution in [0.1, 0.15) is 16.1 Å². The Kier molecular flexibility index (Phi) is 7.45. The Morgan fingerprint density at radius 2 is 2.23 bits per heavy atom. The van der Waals surface area contributed by atoms with Crippen molar-refractivity contribution in [1.29, 1.82) is 5.26 Å². The van der Waals surface area contributed by atoms with Crippen LogP contribution in [0.3, 0.4) is 0 Å². The SMILES string of the molecule is COc1cc(/C=C(/C#N)C(=O)Nc2nc(SC)ns2)cc(Br)c1OC(=O)c1ccco1. The van der Waals surface area contributed by atoms with E-state index in [-0.39, 0.29) is 28.0 Å². The molecular weight excluding hydrogens is 508 g/mol.